The lowest BCUT2D eigenvalue weighted by atomic mass is 9.81. The van der Waals surface area contributed by atoms with Gasteiger partial charge in [-0.2, -0.15) is 5.11 Å². The van der Waals surface area contributed by atoms with Crippen molar-refractivity contribution in [1.29, 1.82) is 0 Å². The van der Waals surface area contributed by atoms with Crippen LogP contribution in [0.25, 0.3) is 6.08 Å². The number of ether oxygens (including phenoxy) is 1. The van der Waals surface area contributed by atoms with Crippen LogP contribution in [0.4, 0.5) is 14.5 Å². The minimum atomic E-state index is -2.75. The first kappa shape index (κ1) is 14.0. The van der Waals surface area contributed by atoms with E-state index in [0.717, 1.165) is 11.3 Å². The number of hydrogen-bond acceptors (Lipinski definition) is 5. The van der Waals surface area contributed by atoms with E-state index in [1.807, 2.05) is 29.2 Å². The van der Waals surface area contributed by atoms with Gasteiger partial charge in [-0.05, 0) is 12.1 Å². The van der Waals surface area contributed by atoms with E-state index in [1.165, 1.54) is 0 Å². The molecule has 0 aromatic heterocycles. The summed E-state index contributed by atoms with van der Waals surface area (Å²) >= 11 is 0. The fraction of sp³-hybridized carbons (Fsp3) is 0.312. The highest BCUT2D eigenvalue weighted by atomic mass is 19.3. The van der Waals surface area contributed by atoms with Crippen molar-refractivity contribution in [2.45, 2.75) is 18.8 Å². The number of hydrogen-bond donors (Lipinski definition) is 0. The summed E-state index contributed by atoms with van der Waals surface area (Å²) in [6, 6.07) is 7.58. The van der Waals surface area contributed by atoms with Gasteiger partial charge in [0.15, 0.2) is 5.82 Å². The Morgan fingerprint density at radius 1 is 1.26 bits per heavy atom. The molecule has 0 N–H and O–H groups in total. The molecule has 5 nitrogen and oxygen atoms in total. The average molecular weight is 317 g/mol. The Hall–Kier alpha value is -2.57. The first-order valence-corrected chi connectivity index (χ1v) is 7.29. The number of para-hydroxylation sites is 1. The Morgan fingerprint density at radius 2 is 2.04 bits per heavy atom. The second-order valence-electron chi connectivity index (χ2n) is 5.80. The Balaban J connectivity index is 1.61. The van der Waals surface area contributed by atoms with Gasteiger partial charge in [-0.15, -0.1) is 5.11 Å². The van der Waals surface area contributed by atoms with Crippen molar-refractivity contribution < 1.29 is 18.3 Å². The van der Waals surface area contributed by atoms with E-state index >= 15 is 0 Å². The molecule has 0 amide bonds. The normalized spacial score (nSPS) is 21.6. The number of fused-ring (bicyclic) bond motifs is 3. The molecule has 0 atom stereocenters. The largest absolute Gasteiger partial charge is 0.426 e. The molecule has 0 spiro atoms. The number of azo groups is 1. The molecule has 1 aliphatic carbocycles. The molecular formula is C16H13F2N3O2. The van der Waals surface area contributed by atoms with E-state index in [-0.39, 0.29) is 5.76 Å². The van der Waals surface area contributed by atoms with Crippen molar-refractivity contribution in [1.82, 2.24) is 0 Å². The molecule has 3 aliphatic rings. The van der Waals surface area contributed by atoms with Crippen LogP contribution in [0, 0.1) is 5.92 Å². The van der Waals surface area contributed by atoms with Crippen LogP contribution in [0.3, 0.4) is 0 Å². The standard InChI is InChI=1S/C16H13F2N3O2/c17-16(18)7-11(8-16)15(22)23-12-5-10-3-1-2-4-13(10)21-9-19-20-14(21)6-12/h1-6,11H,7-9H2. The van der Waals surface area contributed by atoms with Crippen LogP contribution in [-0.2, 0) is 9.53 Å². The Kier molecular flexibility index (Phi) is 3.04. The maximum Gasteiger partial charge on any atom is 0.314 e. The highest BCUT2D eigenvalue weighted by Gasteiger charge is 2.49. The fourth-order valence-electron chi connectivity index (χ4n) is 2.86. The van der Waals surface area contributed by atoms with E-state index in [1.54, 1.807) is 12.2 Å². The zero-order chi connectivity index (χ0) is 16.0. The molecule has 0 bridgehead atoms. The smallest absolute Gasteiger partial charge is 0.314 e. The van der Waals surface area contributed by atoms with Gasteiger partial charge < -0.3 is 9.64 Å². The van der Waals surface area contributed by atoms with Gasteiger partial charge in [-0.25, -0.2) is 8.78 Å². The van der Waals surface area contributed by atoms with Gasteiger partial charge in [-0.3, -0.25) is 4.79 Å². The van der Waals surface area contributed by atoms with Crippen molar-refractivity contribution in [3.05, 3.63) is 47.5 Å². The van der Waals surface area contributed by atoms with Crippen molar-refractivity contribution in [3.8, 4) is 0 Å². The summed E-state index contributed by atoms with van der Waals surface area (Å²) in [7, 11) is 0. The number of rotatable bonds is 2. The lowest BCUT2D eigenvalue weighted by molar-refractivity contribution is -0.167. The fourth-order valence-corrected chi connectivity index (χ4v) is 2.86. The molecule has 23 heavy (non-hydrogen) atoms. The molecule has 2 heterocycles. The third kappa shape index (κ3) is 2.52. The van der Waals surface area contributed by atoms with Crippen LogP contribution < -0.4 is 4.90 Å². The summed E-state index contributed by atoms with van der Waals surface area (Å²) in [5.41, 5.74) is 1.76. The van der Waals surface area contributed by atoms with Gasteiger partial charge in [0.2, 0.25) is 5.92 Å². The number of halogens is 2. The SMILES string of the molecule is O=C(OC1=Cc2ccccc2N2CN=NC2=C1)C1CC(F)(F)C1. The Labute approximate surface area is 130 Å². The first-order valence-electron chi connectivity index (χ1n) is 7.29. The number of esters is 1. The molecule has 2 aliphatic heterocycles. The highest BCUT2D eigenvalue weighted by Crippen LogP contribution is 2.43. The van der Waals surface area contributed by atoms with E-state index in [2.05, 4.69) is 10.2 Å². The van der Waals surface area contributed by atoms with Crippen molar-refractivity contribution in [3.63, 3.8) is 0 Å². The van der Waals surface area contributed by atoms with E-state index < -0.39 is 30.7 Å². The number of allylic oxidation sites excluding steroid dienone is 1. The molecule has 0 unspecified atom stereocenters. The maximum atomic E-state index is 12.9. The monoisotopic (exact) mass is 317 g/mol. The Bertz CT molecular complexity index is 762. The Morgan fingerprint density at radius 3 is 2.83 bits per heavy atom. The quantitative estimate of drug-likeness (QED) is 0.782. The molecule has 1 aromatic carbocycles. The van der Waals surface area contributed by atoms with Gasteiger partial charge in [0.05, 0.1) is 11.6 Å². The predicted octanol–water partition coefficient (Wildman–Crippen LogP) is 3.70. The number of benzene rings is 1. The minimum Gasteiger partial charge on any atom is -0.426 e. The second kappa shape index (κ2) is 4.97. The predicted molar refractivity (Wildman–Crippen MR) is 78.5 cm³/mol. The van der Waals surface area contributed by atoms with Crippen LogP contribution >= 0.6 is 0 Å². The summed E-state index contributed by atoms with van der Waals surface area (Å²) in [5, 5.41) is 8.02. The van der Waals surface area contributed by atoms with Crippen LogP contribution in [0.2, 0.25) is 0 Å². The van der Waals surface area contributed by atoms with Gasteiger partial charge in [0, 0.05) is 24.5 Å². The molecule has 118 valence electrons. The number of nitrogens with zero attached hydrogens (tertiary/aromatic N) is 3. The summed E-state index contributed by atoms with van der Waals surface area (Å²) in [6.45, 7) is 0.396. The third-order valence-electron chi connectivity index (χ3n) is 4.09. The summed E-state index contributed by atoms with van der Waals surface area (Å²) in [4.78, 5) is 13.9. The molecule has 4 rings (SSSR count). The number of carbonyl (C=O) groups excluding carboxylic acids is 1. The lowest BCUT2D eigenvalue weighted by Gasteiger charge is -2.32. The summed E-state index contributed by atoms with van der Waals surface area (Å²) in [6.07, 6.45) is 2.42. The van der Waals surface area contributed by atoms with Gasteiger partial charge >= 0.3 is 5.97 Å². The minimum absolute atomic E-state index is 0.288. The van der Waals surface area contributed by atoms with Crippen LogP contribution in [-0.4, -0.2) is 18.6 Å². The molecule has 0 radical (unpaired) electrons. The first-order chi connectivity index (χ1) is 11.0. The summed E-state index contributed by atoms with van der Waals surface area (Å²) < 4.78 is 31.1. The second-order valence-corrected chi connectivity index (χ2v) is 5.80. The number of carbonyl (C=O) groups is 1. The highest BCUT2D eigenvalue weighted by molar-refractivity contribution is 5.79. The van der Waals surface area contributed by atoms with Crippen LogP contribution in [0.5, 0.6) is 0 Å². The summed E-state index contributed by atoms with van der Waals surface area (Å²) in [5.74, 6) is -3.27. The van der Waals surface area contributed by atoms with Gasteiger partial charge in [0.25, 0.3) is 0 Å². The zero-order valence-electron chi connectivity index (χ0n) is 12.1. The molecule has 1 saturated carbocycles. The molecule has 7 heteroatoms. The third-order valence-corrected chi connectivity index (χ3v) is 4.09. The van der Waals surface area contributed by atoms with Gasteiger partial charge in [0.1, 0.15) is 12.4 Å². The molecular weight excluding hydrogens is 304 g/mol. The van der Waals surface area contributed by atoms with Crippen molar-refractivity contribution >= 4 is 17.7 Å². The van der Waals surface area contributed by atoms with Crippen LogP contribution in [0.1, 0.15) is 18.4 Å². The molecule has 0 saturated heterocycles. The van der Waals surface area contributed by atoms with E-state index in [4.69, 9.17) is 4.74 Å². The number of anilines is 1. The lowest BCUT2D eigenvalue weighted by Crippen LogP contribution is -2.40. The van der Waals surface area contributed by atoms with Crippen molar-refractivity contribution in [2.24, 2.45) is 16.1 Å². The zero-order valence-corrected chi connectivity index (χ0v) is 12.1. The van der Waals surface area contributed by atoms with Crippen LogP contribution in [0.15, 0.2) is 52.2 Å². The maximum absolute atomic E-state index is 12.9. The van der Waals surface area contributed by atoms with E-state index in [0.29, 0.717) is 12.5 Å². The van der Waals surface area contributed by atoms with Crippen molar-refractivity contribution in [2.75, 3.05) is 11.6 Å². The van der Waals surface area contributed by atoms with E-state index in [9.17, 15) is 13.6 Å². The molecule has 1 aromatic rings. The number of alkyl halides is 2. The molecule has 1 fully saturated rings. The van der Waals surface area contributed by atoms with Gasteiger partial charge in [-0.1, -0.05) is 18.2 Å². The topological polar surface area (TPSA) is 54.3 Å². The average Bonchev–Trinajstić information content (AvgIpc) is 2.87.